The highest BCUT2D eigenvalue weighted by molar-refractivity contribution is 5.75. The molecule has 0 unspecified atom stereocenters. The first kappa shape index (κ1) is 26.2. The van der Waals surface area contributed by atoms with Crippen LogP contribution in [0, 0.1) is 23.2 Å². The van der Waals surface area contributed by atoms with Gasteiger partial charge in [0.05, 0.1) is 6.10 Å². The van der Waals surface area contributed by atoms with E-state index < -0.39 is 12.3 Å². The monoisotopic (exact) mass is 507 g/mol. The van der Waals surface area contributed by atoms with Gasteiger partial charge in [-0.15, -0.1) is 0 Å². The lowest BCUT2D eigenvalue weighted by molar-refractivity contribution is -0.131. The molecule has 2 saturated carbocycles. The molecular weight excluding hydrogens is 465 g/mol. The third-order valence-corrected chi connectivity index (χ3v) is 9.90. The van der Waals surface area contributed by atoms with Crippen molar-refractivity contribution in [2.45, 2.75) is 90.0 Å². The van der Waals surface area contributed by atoms with Gasteiger partial charge in [-0.1, -0.05) is 56.7 Å². The number of carbonyl (C=O) groups is 1. The highest BCUT2D eigenvalue weighted by Crippen LogP contribution is 2.63. The number of phenols is 1. The van der Waals surface area contributed by atoms with Crippen LogP contribution in [-0.2, 0) is 17.8 Å². The minimum Gasteiger partial charge on any atom is -0.508 e. The SMILES string of the molecule is CCC(=O)N(CCCC[C@@H]1Cc2cc(O)ccc2[C@@H]2[C@@H]1[C@@H]1CC[C@H](O)[C@@]1(C)C[C@@H]2F)Cc1ccccc1. The lowest BCUT2D eigenvalue weighted by Gasteiger charge is -2.54. The molecule has 2 aromatic rings. The minimum atomic E-state index is -0.978. The molecule has 5 heteroatoms. The van der Waals surface area contributed by atoms with E-state index in [1.807, 2.05) is 42.2 Å². The number of carbonyl (C=O) groups excluding carboxylic acids is 1. The van der Waals surface area contributed by atoms with Gasteiger partial charge in [-0.05, 0) is 90.5 Å². The van der Waals surface area contributed by atoms with Crippen molar-refractivity contribution < 1.29 is 19.4 Å². The average molecular weight is 508 g/mol. The summed E-state index contributed by atoms with van der Waals surface area (Å²) in [5.41, 5.74) is 2.94. The molecule has 7 atom stereocenters. The van der Waals surface area contributed by atoms with Crippen LogP contribution in [0.5, 0.6) is 5.75 Å². The Balaban J connectivity index is 1.31. The first-order valence-electron chi connectivity index (χ1n) is 14.3. The number of aromatic hydroxyl groups is 1. The number of aliphatic hydroxyl groups excluding tert-OH is 1. The molecule has 0 saturated heterocycles. The number of hydrogen-bond acceptors (Lipinski definition) is 3. The van der Waals surface area contributed by atoms with Crippen LogP contribution in [0.15, 0.2) is 48.5 Å². The second-order valence-corrected chi connectivity index (χ2v) is 12.0. The fourth-order valence-corrected chi connectivity index (χ4v) is 8.06. The third-order valence-electron chi connectivity index (χ3n) is 9.90. The summed E-state index contributed by atoms with van der Waals surface area (Å²) in [4.78, 5) is 14.6. The van der Waals surface area contributed by atoms with E-state index in [2.05, 4.69) is 19.1 Å². The van der Waals surface area contributed by atoms with Crippen molar-refractivity contribution >= 4 is 5.91 Å². The molecule has 0 radical (unpaired) electrons. The van der Waals surface area contributed by atoms with E-state index in [0.717, 1.165) is 61.8 Å². The van der Waals surface area contributed by atoms with Gasteiger partial charge in [0.2, 0.25) is 5.91 Å². The smallest absolute Gasteiger partial charge is 0.222 e. The van der Waals surface area contributed by atoms with E-state index in [1.165, 1.54) is 0 Å². The van der Waals surface area contributed by atoms with Crippen LogP contribution in [0.4, 0.5) is 4.39 Å². The molecule has 37 heavy (non-hydrogen) atoms. The molecule has 0 aromatic heterocycles. The van der Waals surface area contributed by atoms with Gasteiger partial charge in [-0.2, -0.15) is 0 Å². The van der Waals surface area contributed by atoms with E-state index >= 15 is 4.39 Å². The second-order valence-electron chi connectivity index (χ2n) is 12.0. The van der Waals surface area contributed by atoms with Gasteiger partial charge in [0.25, 0.3) is 0 Å². The van der Waals surface area contributed by atoms with Crippen LogP contribution < -0.4 is 0 Å². The first-order chi connectivity index (χ1) is 17.8. The zero-order valence-corrected chi connectivity index (χ0v) is 22.3. The Morgan fingerprint density at radius 2 is 1.92 bits per heavy atom. The topological polar surface area (TPSA) is 60.8 Å². The van der Waals surface area contributed by atoms with Crippen LogP contribution in [0.2, 0.25) is 0 Å². The quantitative estimate of drug-likeness (QED) is 0.407. The first-order valence-corrected chi connectivity index (χ1v) is 14.3. The number of fused-ring (bicyclic) bond motifs is 5. The fraction of sp³-hybridized carbons (Fsp3) is 0.594. The number of unbranched alkanes of at least 4 members (excludes halogenated alkanes) is 1. The molecule has 0 spiro atoms. The fourth-order valence-electron chi connectivity index (χ4n) is 8.06. The van der Waals surface area contributed by atoms with Crippen molar-refractivity contribution in [3.8, 4) is 5.75 Å². The largest absolute Gasteiger partial charge is 0.508 e. The number of rotatable bonds is 8. The number of aliphatic hydroxyl groups is 1. The minimum absolute atomic E-state index is 0.158. The number of hydrogen-bond donors (Lipinski definition) is 2. The Morgan fingerprint density at radius 3 is 2.68 bits per heavy atom. The number of phenolic OH excluding ortho intramolecular Hbond substituents is 1. The Labute approximate surface area is 220 Å². The number of halogens is 1. The third kappa shape index (κ3) is 5.04. The Kier molecular flexibility index (Phi) is 7.63. The summed E-state index contributed by atoms with van der Waals surface area (Å²) in [7, 11) is 0. The van der Waals surface area contributed by atoms with Crippen molar-refractivity contribution in [2.24, 2.45) is 23.2 Å². The van der Waals surface area contributed by atoms with Crippen LogP contribution in [0.1, 0.15) is 81.4 Å². The Bertz CT molecular complexity index is 1090. The van der Waals surface area contributed by atoms with Crippen LogP contribution in [0.3, 0.4) is 0 Å². The molecule has 5 rings (SSSR count). The van der Waals surface area contributed by atoms with Gasteiger partial charge < -0.3 is 15.1 Å². The molecule has 2 N–H and O–H groups in total. The maximum Gasteiger partial charge on any atom is 0.222 e. The number of benzene rings is 2. The molecule has 0 heterocycles. The van der Waals surface area contributed by atoms with Crippen molar-refractivity contribution in [2.75, 3.05) is 6.54 Å². The summed E-state index contributed by atoms with van der Waals surface area (Å²) in [6.07, 6.45) is 4.97. The summed E-state index contributed by atoms with van der Waals surface area (Å²) in [6, 6.07) is 15.6. The summed E-state index contributed by atoms with van der Waals surface area (Å²) in [5, 5.41) is 21.0. The standard InChI is InChI=1S/C32H42FNO3/c1-3-29(37)34(20-21-9-5-4-6-10-21)16-8-7-11-22-17-23-18-24(35)12-13-25(23)31-27(33)19-32(2)26(30(22)31)14-15-28(32)36/h4-6,9-10,12-13,18,22,26-28,30-31,35-36H,3,7-8,11,14-17,19-20H2,1-2H3/t22-,26+,27+,28+,30+,31+,32+/m1/s1. The molecule has 200 valence electrons. The number of nitrogens with zero attached hydrogens (tertiary/aromatic N) is 1. The normalized spacial score (nSPS) is 32.3. The average Bonchev–Trinajstić information content (AvgIpc) is 3.18. The molecule has 0 aliphatic heterocycles. The van der Waals surface area contributed by atoms with E-state index in [-0.39, 0.29) is 28.9 Å². The summed E-state index contributed by atoms with van der Waals surface area (Å²) >= 11 is 0. The lowest BCUT2D eigenvalue weighted by Crippen LogP contribution is -2.51. The Morgan fingerprint density at radius 1 is 1.14 bits per heavy atom. The van der Waals surface area contributed by atoms with Gasteiger partial charge in [0, 0.05) is 25.4 Å². The lowest BCUT2D eigenvalue weighted by atomic mass is 9.51. The Hall–Kier alpha value is -2.40. The van der Waals surface area contributed by atoms with E-state index in [1.54, 1.807) is 6.07 Å². The molecule has 2 fully saturated rings. The van der Waals surface area contributed by atoms with Crippen molar-refractivity contribution in [1.82, 2.24) is 4.90 Å². The predicted octanol–water partition coefficient (Wildman–Crippen LogP) is 6.39. The van der Waals surface area contributed by atoms with Crippen LogP contribution in [0.25, 0.3) is 0 Å². The van der Waals surface area contributed by atoms with Gasteiger partial charge in [-0.25, -0.2) is 4.39 Å². The van der Waals surface area contributed by atoms with E-state index in [0.29, 0.717) is 31.2 Å². The molecule has 3 aliphatic rings. The van der Waals surface area contributed by atoms with Crippen LogP contribution in [-0.4, -0.2) is 39.8 Å². The molecule has 3 aliphatic carbocycles. The molecule has 4 nitrogen and oxygen atoms in total. The van der Waals surface area contributed by atoms with Gasteiger partial charge >= 0.3 is 0 Å². The van der Waals surface area contributed by atoms with Crippen LogP contribution >= 0.6 is 0 Å². The summed E-state index contributed by atoms with van der Waals surface area (Å²) in [6.45, 7) is 5.39. The highest BCUT2D eigenvalue weighted by Gasteiger charge is 2.59. The second kappa shape index (κ2) is 10.8. The maximum atomic E-state index is 15.9. The molecule has 0 bridgehead atoms. The zero-order valence-electron chi connectivity index (χ0n) is 22.3. The van der Waals surface area contributed by atoms with Crippen molar-refractivity contribution in [3.05, 3.63) is 65.2 Å². The van der Waals surface area contributed by atoms with Gasteiger partial charge in [-0.3, -0.25) is 4.79 Å². The van der Waals surface area contributed by atoms with Crippen molar-refractivity contribution in [3.63, 3.8) is 0 Å². The molecule has 1 amide bonds. The number of alkyl halides is 1. The summed E-state index contributed by atoms with van der Waals surface area (Å²) in [5.74, 6) is 1.11. The number of amides is 1. The zero-order chi connectivity index (χ0) is 26.2. The van der Waals surface area contributed by atoms with Gasteiger partial charge in [0.1, 0.15) is 11.9 Å². The van der Waals surface area contributed by atoms with Crippen molar-refractivity contribution in [1.29, 1.82) is 0 Å². The molecular formula is C32H42FNO3. The summed E-state index contributed by atoms with van der Waals surface area (Å²) < 4.78 is 15.9. The molecule has 2 aromatic carbocycles. The van der Waals surface area contributed by atoms with E-state index in [4.69, 9.17) is 0 Å². The predicted molar refractivity (Wildman–Crippen MR) is 144 cm³/mol. The highest BCUT2D eigenvalue weighted by atomic mass is 19.1. The van der Waals surface area contributed by atoms with Gasteiger partial charge in [0.15, 0.2) is 0 Å². The van der Waals surface area contributed by atoms with E-state index in [9.17, 15) is 15.0 Å². The maximum absolute atomic E-state index is 15.9.